The number of rotatable bonds is 6. The zero-order valence-corrected chi connectivity index (χ0v) is 19.1. The molecule has 4 amide bonds. The quantitative estimate of drug-likeness (QED) is 0.521. The maximum Gasteiger partial charge on any atom is 0.325 e. The highest BCUT2D eigenvalue weighted by Crippen LogP contribution is 2.36. The lowest BCUT2D eigenvalue weighted by Crippen LogP contribution is -2.42. The first-order valence-electron chi connectivity index (χ1n) is 10.3. The number of amides is 4. The lowest BCUT2D eigenvalue weighted by Gasteiger charge is -2.22. The van der Waals surface area contributed by atoms with Crippen molar-refractivity contribution in [2.75, 3.05) is 25.8 Å². The molecule has 2 aliphatic rings. The van der Waals surface area contributed by atoms with Gasteiger partial charge in [-0.2, -0.15) is 0 Å². The van der Waals surface area contributed by atoms with Crippen molar-refractivity contribution in [3.8, 4) is 28.5 Å². The highest BCUT2D eigenvalue weighted by molar-refractivity contribution is 7.14. The minimum atomic E-state index is -1.28. The zero-order chi connectivity index (χ0) is 23.9. The molecule has 0 spiro atoms. The maximum atomic E-state index is 13.1. The van der Waals surface area contributed by atoms with Crippen LogP contribution in [0.5, 0.6) is 17.2 Å². The normalized spacial score (nSPS) is 18.7. The molecule has 2 N–H and O–H groups in total. The Labute approximate surface area is 198 Å². The van der Waals surface area contributed by atoms with E-state index in [0.29, 0.717) is 33.6 Å². The molecule has 5 rings (SSSR count). The number of carbonyl (C=O) groups is 3. The van der Waals surface area contributed by atoms with Crippen LogP contribution in [0.15, 0.2) is 47.8 Å². The fourth-order valence-electron chi connectivity index (χ4n) is 3.78. The van der Waals surface area contributed by atoms with Gasteiger partial charge in [-0.1, -0.05) is 12.1 Å². The topological polar surface area (TPSA) is 119 Å². The molecular weight excluding hydrogens is 460 g/mol. The van der Waals surface area contributed by atoms with E-state index in [-0.39, 0.29) is 6.79 Å². The number of methoxy groups -OCH3 is 1. The molecule has 1 saturated heterocycles. The summed E-state index contributed by atoms with van der Waals surface area (Å²) in [7, 11) is 1.54. The average molecular weight is 481 g/mol. The van der Waals surface area contributed by atoms with E-state index in [1.165, 1.54) is 11.3 Å². The third kappa shape index (κ3) is 3.79. The molecule has 0 radical (unpaired) electrons. The SMILES string of the molecule is COc1ccc([C@]2(C)NC(=O)N(CC(=O)Nc3nc(-c4ccc5c(c4)OCO5)cs3)C2=O)cc1. The highest BCUT2D eigenvalue weighted by Gasteiger charge is 2.49. The summed E-state index contributed by atoms with van der Waals surface area (Å²) >= 11 is 1.23. The van der Waals surface area contributed by atoms with Crippen LogP contribution in [0, 0.1) is 0 Å². The summed E-state index contributed by atoms with van der Waals surface area (Å²) in [6, 6.07) is 11.6. The van der Waals surface area contributed by atoms with Crippen LogP contribution in [-0.4, -0.2) is 48.2 Å². The number of hydrogen-bond acceptors (Lipinski definition) is 8. The summed E-state index contributed by atoms with van der Waals surface area (Å²) in [5.74, 6) is 0.883. The van der Waals surface area contributed by atoms with E-state index in [1.54, 1.807) is 49.7 Å². The van der Waals surface area contributed by atoms with Crippen molar-refractivity contribution in [3.63, 3.8) is 0 Å². The summed E-state index contributed by atoms with van der Waals surface area (Å²) in [4.78, 5) is 43.5. The molecular formula is C23H20N4O6S. The molecule has 34 heavy (non-hydrogen) atoms. The van der Waals surface area contributed by atoms with Crippen LogP contribution in [0.25, 0.3) is 11.3 Å². The second kappa shape index (κ2) is 8.34. The number of fused-ring (bicyclic) bond motifs is 1. The number of anilines is 1. The lowest BCUT2D eigenvalue weighted by molar-refractivity contribution is -0.133. The second-order valence-electron chi connectivity index (χ2n) is 7.83. The monoisotopic (exact) mass is 480 g/mol. The summed E-state index contributed by atoms with van der Waals surface area (Å²) in [6.45, 7) is 1.35. The number of thiazole rings is 1. The van der Waals surface area contributed by atoms with Crippen LogP contribution in [0.1, 0.15) is 12.5 Å². The van der Waals surface area contributed by atoms with Crippen molar-refractivity contribution in [2.24, 2.45) is 0 Å². The van der Waals surface area contributed by atoms with Crippen molar-refractivity contribution in [2.45, 2.75) is 12.5 Å². The summed E-state index contributed by atoms with van der Waals surface area (Å²) in [6.07, 6.45) is 0. The Morgan fingerprint density at radius 1 is 1.21 bits per heavy atom. The van der Waals surface area contributed by atoms with Gasteiger partial charge in [-0.05, 0) is 42.8 Å². The van der Waals surface area contributed by atoms with Gasteiger partial charge in [0.1, 0.15) is 17.8 Å². The van der Waals surface area contributed by atoms with E-state index in [4.69, 9.17) is 14.2 Å². The Morgan fingerprint density at radius 3 is 2.74 bits per heavy atom. The van der Waals surface area contributed by atoms with Crippen molar-refractivity contribution >= 4 is 34.3 Å². The minimum absolute atomic E-state index is 0.178. The molecule has 1 atom stereocenters. The highest BCUT2D eigenvalue weighted by atomic mass is 32.1. The number of urea groups is 1. The van der Waals surface area contributed by atoms with Gasteiger partial charge in [0.2, 0.25) is 12.7 Å². The largest absolute Gasteiger partial charge is 0.497 e. The zero-order valence-electron chi connectivity index (χ0n) is 18.3. The number of aromatic nitrogens is 1. The Bertz CT molecular complexity index is 1290. The van der Waals surface area contributed by atoms with Gasteiger partial charge in [0.25, 0.3) is 5.91 Å². The van der Waals surface area contributed by atoms with Crippen LogP contribution in [0.2, 0.25) is 0 Å². The molecule has 2 aromatic carbocycles. The van der Waals surface area contributed by atoms with E-state index in [1.807, 2.05) is 12.1 Å². The Morgan fingerprint density at radius 2 is 1.97 bits per heavy atom. The number of benzene rings is 2. The number of hydrogen-bond donors (Lipinski definition) is 2. The first-order valence-corrected chi connectivity index (χ1v) is 11.2. The Hall–Kier alpha value is -4.12. The molecule has 11 heteroatoms. The maximum absolute atomic E-state index is 13.1. The molecule has 1 aromatic heterocycles. The Kier molecular flexibility index (Phi) is 5.33. The number of nitrogens with zero attached hydrogens (tertiary/aromatic N) is 2. The third-order valence-corrected chi connectivity index (χ3v) is 6.42. The molecule has 0 aliphatic carbocycles. The predicted octanol–water partition coefficient (Wildman–Crippen LogP) is 2.95. The third-order valence-electron chi connectivity index (χ3n) is 5.66. The van der Waals surface area contributed by atoms with Crippen LogP contribution in [0.4, 0.5) is 9.93 Å². The van der Waals surface area contributed by atoms with Gasteiger partial charge >= 0.3 is 6.03 Å². The summed E-state index contributed by atoms with van der Waals surface area (Å²) in [5, 5.41) is 7.48. The van der Waals surface area contributed by atoms with E-state index >= 15 is 0 Å². The first-order chi connectivity index (χ1) is 16.4. The number of ether oxygens (including phenoxy) is 3. The molecule has 3 aromatic rings. The van der Waals surface area contributed by atoms with Gasteiger partial charge in [-0.15, -0.1) is 11.3 Å². The van der Waals surface area contributed by atoms with Gasteiger partial charge in [0.05, 0.1) is 12.8 Å². The molecule has 10 nitrogen and oxygen atoms in total. The van der Waals surface area contributed by atoms with E-state index < -0.39 is 29.9 Å². The lowest BCUT2D eigenvalue weighted by atomic mass is 9.92. The predicted molar refractivity (Wildman–Crippen MR) is 123 cm³/mol. The van der Waals surface area contributed by atoms with Gasteiger partial charge in [-0.25, -0.2) is 9.78 Å². The van der Waals surface area contributed by atoms with Gasteiger partial charge in [-0.3, -0.25) is 14.5 Å². The van der Waals surface area contributed by atoms with Crippen LogP contribution in [0.3, 0.4) is 0 Å². The van der Waals surface area contributed by atoms with Crippen LogP contribution >= 0.6 is 11.3 Å². The van der Waals surface area contributed by atoms with Gasteiger partial charge < -0.3 is 24.8 Å². The molecule has 174 valence electrons. The fourth-order valence-corrected chi connectivity index (χ4v) is 4.52. The molecule has 0 unspecified atom stereocenters. The van der Waals surface area contributed by atoms with Crippen LogP contribution < -0.4 is 24.8 Å². The minimum Gasteiger partial charge on any atom is -0.497 e. The first kappa shape index (κ1) is 21.7. The van der Waals surface area contributed by atoms with Crippen LogP contribution in [-0.2, 0) is 15.1 Å². The van der Waals surface area contributed by atoms with Gasteiger partial charge in [0.15, 0.2) is 16.6 Å². The smallest absolute Gasteiger partial charge is 0.325 e. The molecule has 3 heterocycles. The number of carbonyl (C=O) groups excluding carboxylic acids is 3. The Balaban J connectivity index is 1.26. The molecule has 2 aliphatic heterocycles. The molecule has 1 fully saturated rings. The fraction of sp³-hybridized carbons (Fsp3) is 0.217. The van der Waals surface area contributed by atoms with E-state index in [2.05, 4.69) is 15.6 Å². The van der Waals surface area contributed by atoms with E-state index in [0.717, 1.165) is 10.5 Å². The van der Waals surface area contributed by atoms with Crippen molar-refractivity contribution in [1.82, 2.24) is 15.2 Å². The molecule has 0 saturated carbocycles. The van der Waals surface area contributed by atoms with Crippen molar-refractivity contribution < 1.29 is 28.6 Å². The number of nitrogens with one attached hydrogen (secondary N) is 2. The summed E-state index contributed by atoms with van der Waals surface area (Å²) in [5.41, 5.74) is 0.769. The number of imide groups is 1. The van der Waals surface area contributed by atoms with Gasteiger partial charge in [0, 0.05) is 10.9 Å². The standard InChI is InChI=1S/C23H20N4O6S/c1-23(14-4-6-15(31-2)7-5-14)20(29)27(22(30)26-23)10-19(28)25-21-24-16(11-34-21)13-3-8-17-18(9-13)33-12-32-17/h3-9,11H,10,12H2,1-2H3,(H,26,30)(H,24,25,28)/t23-/m0/s1. The summed E-state index contributed by atoms with van der Waals surface area (Å²) < 4.78 is 15.8. The average Bonchev–Trinajstić information content (AvgIpc) is 3.55. The van der Waals surface area contributed by atoms with Crippen molar-refractivity contribution in [3.05, 3.63) is 53.4 Å². The molecule has 0 bridgehead atoms. The van der Waals surface area contributed by atoms with E-state index in [9.17, 15) is 14.4 Å². The second-order valence-corrected chi connectivity index (χ2v) is 8.69. The van der Waals surface area contributed by atoms with Crippen molar-refractivity contribution in [1.29, 1.82) is 0 Å².